The molecule has 0 bridgehead atoms. The topological polar surface area (TPSA) is 12.5 Å². The van der Waals surface area contributed by atoms with Gasteiger partial charge in [0.25, 0.3) is 0 Å². The summed E-state index contributed by atoms with van der Waals surface area (Å²) in [7, 11) is 1.69. The summed E-state index contributed by atoms with van der Waals surface area (Å²) in [4.78, 5) is 0. The van der Waals surface area contributed by atoms with Crippen LogP contribution in [0.25, 0.3) is 0 Å². The van der Waals surface area contributed by atoms with Crippen LogP contribution >= 0.6 is 22.9 Å². The molecule has 0 fully saturated rings. The van der Waals surface area contributed by atoms with Gasteiger partial charge in [0.05, 0.1) is 30.0 Å². The van der Waals surface area contributed by atoms with E-state index >= 15 is 0 Å². The molecule has 0 aliphatic heterocycles. The van der Waals surface area contributed by atoms with Crippen LogP contribution in [0.5, 0.6) is 5.75 Å². The van der Waals surface area contributed by atoms with E-state index in [9.17, 15) is 0 Å². The third-order valence-corrected chi connectivity index (χ3v) is 2.79. The second-order valence-corrected chi connectivity index (χ2v) is 3.95. The fourth-order valence-corrected chi connectivity index (χ4v) is 1.87. The number of nitrogens with zero attached hydrogens (tertiary/aromatic N) is 1. The van der Waals surface area contributed by atoms with Gasteiger partial charge in [0.2, 0.25) is 0 Å². The highest BCUT2D eigenvalue weighted by molar-refractivity contribution is 14.1. The van der Waals surface area contributed by atoms with Crippen LogP contribution in [-0.4, -0.2) is 13.7 Å². The second-order valence-electron chi connectivity index (χ2n) is 2.79. The number of halogens is 1. The normalized spacial score (nSPS) is 9.77. The largest absolute Gasteiger partial charge is 0.497 e. The minimum Gasteiger partial charge on any atom is -0.497 e. The van der Waals surface area contributed by atoms with Crippen molar-refractivity contribution in [2.45, 2.75) is 13.3 Å². The summed E-state index contributed by atoms with van der Waals surface area (Å²) in [6, 6.07) is 8.10. The molecule has 3 heteroatoms. The molecule has 0 heterocycles. The zero-order valence-corrected chi connectivity index (χ0v) is 10.1. The predicted octanol–water partition coefficient (Wildman–Crippen LogP) is 3.26. The summed E-state index contributed by atoms with van der Waals surface area (Å²) < 4.78 is 7.35. The fraction of sp³-hybridized carbons (Fsp3) is 0.400. The van der Waals surface area contributed by atoms with E-state index < -0.39 is 0 Å². The van der Waals surface area contributed by atoms with Crippen LogP contribution in [0.2, 0.25) is 0 Å². The molecule has 0 unspecified atom stereocenters. The Morgan fingerprint density at radius 1 is 1.46 bits per heavy atom. The second kappa shape index (κ2) is 5.32. The standard InChI is InChI=1S/C10H14INO/c1-3-7-12(11)9-5-4-6-10(8-9)13-2/h4-6,8H,3,7H2,1-2H3. The number of rotatable bonds is 4. The number of benzene rings is 1. The van der Waals surface area contributed by atoms with Crippen LogP contribution in [0.15, 0.2) is 24.3 Å². The molecule has 1 aromatic carbocycles. The van der Waals surface area contributed by atoms with Gasteiger partial charge < -0.3 is 7.85 Å². The van der Waals surface area contributed by atoms with Crippen molar-refractivity contribution in [3.63, 3.8) is 0 Å². The monoisotopic (exact) mass is 291 g/mol. The Hall–Kier alpha value is -0.450. The first-order chi connectivity index (χ1) is 6.27. The number of anilines is 1. The van der Waals surface area contributed by atoms with Gasteiger partial charge in [-0.3, -0.25) is 0 Å². The number of hydrogen-bond donors (Lipinski definition) is 0. The molecule has 0 N–H and O–H groups in total. The molecule has 72 valence electrons. The lowest BCUT2D eigenvalue weighted by Crippen LogP contribution is -2.09. The highest BCUT2D eigenvalue weighted by atomic mass is 127. The molecule has 0 amide bonds. The van der Waals surface area contributed by atoms with Crippen LogP contribution in [0, 0.1) is 0 Å². The molecule has 0 saturated carbocycles. The van der Waals surface area contributed by atoms with Crippen LogP contribution in [0.1, 0.15) is 13.3 Å². The molecule has 0 spiro atoms. The van der Waals surface area contributed by atoms with E-state index in [1.54, 1.807) is 7.11 Å². The molecule has 0 aromatic heterocycles. The van der Waals surface area contributed by atoms with Crippen LogP contribution in [0.3, 0.4) is 0 Å². The Morgan fingerprint density at radius 2 is 2.23 bits per heavy atom. The van der Waals surface area contributed by atoms with Crippen LogP contribution in [-0.2, 0) is 0 Å². The minimum absolute atomic E-state index is 0.912. The zero-order valence-electron chi connectivity index (χ0n) is 7.96. The summed E-state index contributed by atoms with van der Waals surface area (Å²) >= 11 is 2.32. The Balaban J connectivity index is 2.75. The molecular formula is C10H14INO. The van der Waals surface area contributed by atoms with Gasteiger partial charge in [0.1, 0.15) is 5.75 Å². The van der Waals surface area contributed by atoms with Crippen molar-refractivity contribution in [1.29, 1.82) is 0 Å². The predicted molar refractivity (Wildman–Crippen MR) is 64.7 cm³/mol. The molecule has 1 aromatic rings. The smallest absolute Gasteiger partial charge is 0.120 e. The molecule has 0 aliphatic rings. The molecule has 0 radical (unpaired) electrons. The van der Waals surface area contributed by atoms with Crippen molar-refractivity contribution in [1.82, 2.24) is 0 Å². The van der Waals surface area contributed by atoms with Gasteiger partial charge in [0.15, 0.2) is 0 Å². The average Bonchev–Trinajstić information content (AvgIpc) is 2.18. The molecular weight excluding hydrogens is 277 g/mol. The van der Waals surface area contributed by atoms with Gasteiger partial charge in [-0.2, -0.15) is 0 Å². The maximum absolute atomic E-state index is 5.15. The van der Waals surface area contributed by atoms with E-state index in [1.807, 2.05) is 18.2 Å². The van der Waals surface area contributed by atoms with Crippen molar-refractivity contribution in [3.8, 4) is 5.75 Å². The van der Waals surface area contributed by atoms with Crippen molar-refractivity contribution in [3.05, 3.63) is 24.3 Å². The average molecular weight is 291 g/mol. The van der Waals surface area contributed by atoms with Crippen molar-refractivity contribution < 1.29 is 4.74 Å². The Labute approximate surface area is 93.4 Å². The summed E-state index contributed by atoms with van der Waals surface area (Å²) in [5.74, 6) is 0.912. The summed E-state index contributed by atoms with van der Waals surface area (Å²) in [5, 5.41) is 0. The molecule has 0 saturated heterocycles. The maximum Gasteiger partial charge on any atom is 0.120 e. The quantitative estimate of drug-likeness (QED) is 0.623. The van der Waals surface area contributed by atoms with Gasteiger partial charge in [0, 0.05) is 18.3 Å². The Kier molecular flexibility index (Phi) is 4.35. The third-order valence-electron chi connectivity index (χ3n) is 1.75. The SMILES string of the molecule is CCCN(I)c1cccc(OC)c1. The van der Waals surface area contributed by atoms with Crippen LogP contribution in [0.4, 0.5) is 5.69 Å². The Morgan fingerprint density at radius 3 is 2.85 bits per heavy atom. The first-order valence-corrected chi connectivity index (χ1v) is 5.31. The van der Waals surface area contributed by atoms with E-state index in [2.05, 4.69) is 39.0 Å². The van der Waals surface area contributed by atoms with E-state index in [1.165, 1.54) is 5.69 Å². The van der Waals surface area contributed by atoms with Crippen molar-refractivity contribution in [2.75, 3.05) is 16.8 Å². The van der Waals surface area contributed by atoms with E-state index in [-0.39, 0.29) is 0 Å². The molecule has 0 aliphatic carbocycles. The summed E-state index contributed by atoms with van der Waals surface area (Å²) in [6.45, 7) is 3.24. The maximum atomic E-state index is 5.15. The van der Waals surface area contributed by atoms with Crippen LogP contribution < -0.4 is 7.85 Å². The highest BCUT2D eigenvalue weighted by Gasteiger charge is 2.01. The molecule has 0 atom stereocenters. The summed E-state index contributed by atoms with van der Waals surface area (Å²) in [5.41, 5.74) is 1.20. The van der Waals surface area contributed by atoms with Gasteiger partial charge in [-0.15, -0.1) is 0 Å². The number of methoxy groups -OCH3 is 1. The number of ether oxygens (including phenoxy) is 1. The molecule has 13 heavy (non-hydrogen) atoms. The first kappa shape index (κ1) is 10.6. The van der Waals surface area contributed by atoms with E-state index in [0.717, 1.165) is 18.7 Å². The highest BCUT2D eigenvalue weighted by Crippen LogP contribution is 2.23. The van der Waals surface area contributed by atoms with Crippen molar-refractivity contribution in [2.24, 2.45) is 0 Å². The lowest BCUT2D eigenvalue weighted by Gasteiger charge is -2.15. The third kappa shape index (κ3) is 3.06. The minimum atomic E-state index is 0.912. The zero-order chi connectivity index (χ0) is 9.68. The van der Waals surface area contributed by atoms with Gasteiger partial charge in [-0.25, -0.2) is 0 Å². The van der Waals surface area contributed by atoms with Gasteiger partial charge in [-0.1, -0.05) is 13.0 Å². The lowest BCUT2D eigenvalue weighted by molar-refractivity contribution is 0.415. The molecule has 1 rings (SSSR count). The van der Waals surface area contributed by atoms with Crippen molar-refractivity contribution >= 4 is 28.6 Å². The van der Waals surface area contributed by atoms with Gasteiger partial charge >= 0.3 is 0 Å². The van der Waals surface area contributed by atoms with Gasteiger partial charge in [-0.05, 0) is 18.6 Å². The Bertz CT molecular complexity index is 265. The number of hydrogen-bond acceptors (Lipinski definition) is 2. The fourth-order valence-electron chi connectivity index (χ4n) is 1.09. The lowest BCUT2D eigenvalue weighted by atomic mass is 10.3. The first-order valence-electron chi connectivity index (χ1n) is 4.35. The molecule has 2 nitrogen and oxygen atoms in total. The van der Waals surface area contributed by atoms with E-state index in [4.69, 9.17) is 4.74 Å². The summed E-state index contributed by atoms with van der Waals surface area (Å²) in [6.07, 6.45) is 1.15. The van der Waals surface area contributed by atoms with E-state index in [0.29, 0.717) is 0 Å².